The third-order valence-corrected chi connectivity index (χ3v) is 5.23. The first-order valence-electron chi connectivity index (χ1n) is 8.76. The molecule has 0 saturated heterocycles. The van der Waals surface area contributed by atoms with Gasteiger partial charge < -0.3 is 0 Å². The number of rotatable bonds is 4. The molecule has 0 unspecified atom stereocenters. The monoisotopic (exact) mass is 368 g/mol. The second-order valence-electron chi connectivity index (χ2n) is 8.68. The Morgan fingerprint density at radius 3 is 1.12 bits per heavy atom. The average molecular weight is 369 g/mol. The van der Waals surface area contributed by atoms with Gasteiger partial charge in [-0.3, -0.25) is 0 Å². The molecule has 132 valence electrons. The smallest absolute Gasteiger partial charge is 0.0277 e. The SMILES string of the molecule is CC(C)(C)c1ccc(C(=S)CC(=S)c2ccc(C(C)(C)C)cc2)cc1. The van der Waals surface area contributed by atoms with E-state index in [-0.39, 0.29) is 10.8 Å². The van der Waals surface area contributed by atoms with E-state index in [2.05, 4.69) is 90.1 Å². The van der Waals surface area contributed by atoms with Crippen LogP contribution in [0.25, 0.3) is 0 Å². The van der Waals surface area contributed by atoms with Gasteiger partial charge in [0.05, 0.1) is 0 Å². The van der Waals surface area contributed by atoms with Crippen LogP contribution in [-0.2, 0) is 10.8 Å². The van der Waals surface area contributed by atoms with Crippen molar-refractivity contribution >= 4 is 34.2 Å². The topological polar surface area (TPSA) is 0 Å². The van der Waals surface area contributed by atoms with Crippen molar-refractivity contribution in [3.8, 4) is 0 Å². The van der Waals surface area contributed by atoms with Gasteiger partial charge in [0.1, 0.15) is 0 Å². The fourth-order valence-electron chi connectivity index (χ4n) is 2.66. The van der Waals surface area contributed by atoms with Crippen LogP contribution in [-0.4, -0.2) is 9.73 Å². The summed E-state index contributed by atoms with van der Waals surface area (Å²) in [7, 11) is 0. The zero-order valence-electron chi connectivity index (χ0n) is 16.1. The van der Waals surface area contributed by atoms with Crippen molar-refractivity contribution in [2.45, 2.75) is 58.8 Å². The van der Waals surface area contributed by atoms with E-state index in [1.807, 2.05) is 0 Å². The lowest BCUT2D eigenvalue weighted by Crippen LogP contribution is -2.12. The molecule has 0 N–H and O–H groups in total. The number of benzene rings is 2. The highest BCUT2D eigenvalue weighted by atomic mass is 32.1. The van der Waals surface area contributed by atoms with E-state index in [0.29, 0.717) is 6.42 Å². The van der Waals surface area contributed by atoms with E-state index in [1.54, 1.807) is 0 Å². The van der Waals surface area contributed by atoms with Crippen LogP contribution in [0.4, 0.5) is 0 Å². The first kappa shape index (κ1) is 19.9. The molecule has 2 heteroatoms. The molecule has 0 radical (unpaired) electrons. The summed E-state index contributed by atoms with van der Waals surface area (Å²) in [6.07, 6.45) is 0.647. The molecule has 0 heterocycles. The Bertz CT molecular complexity index is 684. The van der Waals surface area contributed by atoms with Crippen molar-refractivity contribution in [1.82, 2.24) is 0 Å². The van der Waals surface area contributed by atoms with Gasteiger partial charge in [0.25, 0.3) is 0 Å². The van der Waals surface area contributed by atoms with Crippen molar-refractivity contribution < 1.29 is 0 Å². The standard InChI is InChI=1S/C23H28S2/c1-22(2,3)18-11-7-16(8-12-18)20(24)15-21(25)17-9-13-19(14-10-17)23(4,5)6/h7-14H,15H2,1-6H3. The molecule has 0 aliphatic rings. The highest BCUT2D eigenvalue weighted by Gasteiger charge is 2.15. The summed E-state index contributed by atoms with van der Waals surface area (Å²) in [6.45, 7) is 13.3. The lowest BCUT2D eigenvalue weighted by atomic mass is 9.86. The van der Waals surface area contributed by atoms with Gasteiger partial charge in [-0.25, -0.2) is 0 Å². The van der Waals surface area contributed by atoms with Crippen molar-refractivity contribution in [2.75, 3.05) is 0 Å². The summed E-state index contributed by atoms with van der Waals surface area (Å²) in [4.78, 5) is 1.82. The Kier molecular flexibility index (Phi) is 5.96. The van der Waals surface area contributed by atoms with Crippen LogP contribution < -0.4 is 0 Å². The third-order valence-electron chi connectivity index (χ3n) is 4.47. The average Bonchev–Trinajstić information content (AvgIpc) is 2.53. The van der Waals surface area contributed by atoms with Gasteiger partial charge in [-0.15, -0.1) is 0 Å². The Balaban J connectivity index is 2.08. The summed E-state index contributed by atoms with van der Waals surface area (Å²) in [5.74, 6) is 0. The molecular weight excluding hydrogens is 340 g/mol. The van der Waals surface area contributed by atoms with Crippen LogP contribution in [0, 0.1) is 0 Å². The normalized spacial score (nSPS) is 12.1. The van der Waals surface area contributed by atoms with Crippen LogP contribution in [0.15, 0.2) is 48.5 Å². The maximum Gasteiger partial charge on any atom is 0.0277 e. The lowest BCUT2D eigenvalue weighted by molar-refractivity contribution is 0.590. The first-order valence-corrected chi connectivity index (χ1v) is 9.57. The second-order valence-corrected chi connectivity index (χ2v) is 9.66. The van der Waals surface area contributed by atoms with Gasteiger partial charge in [-0.1, -0.05) is 115 Å². The lowest BCUT2D eigenvalue weighted by Gasteiger charge is -2.19. The van der Waals surface area contributed by atoms with Crippen molar-refractivity contribution in [1.29, 1.82) is 0 Å². The Labute approximate surface area is 163 Å². The highest BCUT2D eigenvalue weighted by Crippen LogP contribution is 2.24. The van der Waals surface area contributed by atoms with Crippen LogP contribution in [0.1, 0.15) is 70.2 Å². The van der Waals surface area contributed by atoms with Crippen LogP contribution in [0.2, 0.25) is 0 Å². The molecule has 0 saturated carbocycles. The maximum absolute atomic E-state index is 5.63. The predicted molar refractivity (Wildman–Crippen MR) is 118 cm³/mol. The minimum Gasteiger partial charge on any atom is -0.0839 e. The van der Waals surface area contributed by atoms with Crippen LogP contribution >= 0.6 is 24.4 Å². The molecule has 2 aromatic carbocycles. The van der Waals surface area contributed by atoms with Crippen molar-refractivity contribution in [3.05, 3.63) is 70.8 Å². The summed E-state index contributed by atoms with van der Waals surface area (Å²) < 4.78 is 0. The minimum atomic E-state index is 0.157. The summed E-state index contributed by atoms with van der Waals surface area (Å²) in [6, 6.07) is 17.2. The molecule has 0 aliphatic heterocycles. The van der Waals surface area contributed by atoms with Crippen molar-refractivity contribution in [2.24, 2.45) is 0 Å². The predicted octanol–water partition coefficient (Wildman–Crippen LogP) is 6.81. The third kappa shape index (κ3) is 5.29. The second kappa shape index (κ2) is 7.47. The van der Waals surface area contributed by atoms with Crippen molar-refractivity contribution in [3.63, 3.8) is 0 Å². The van der Waals surface area contributed by atoms with Gasteiger partial charge in [0, 0.05) is 16.1 Å². The molecule has 0 atom stereocenters. The number of hydrogen-bond donors (Lipinski definition) is 0. The van der Waals surface area contributed by atoms with E-state index in [1.165, 1.54) is 11.1 Å². The number of thiocarbonyl (C=S) groups is 2. The highest BCUT2D eigenvalue weighted by molar-refractivity contribution is 7.82. The Morgan fingerprint density at radius 1 is 0.600 bits per heavy atom. The molecule has 0 spiro atoms. The van der Waals surface area contributed by atoms with E-state index < -0.39 is 0 Å². The van der Waals surface area contributed by atoms with Gasteiger partial charge in [-0.05, 0) is 33.1 Å². The Hall–Kier alpha value is -1.38. The molecule has 0 aromatic heterocycles. The Morgan fingerprint density at radius 2 is 0.880 bits per heavy atom. The van der Waals surface area contributed by atoms with Gasteiger partial charge >= 0.3 is 0 Å². The molecule has 0 fully saturated rings. The zero-order chi connectivity index (χ0) is 18.8. The van der Waals surface area contributed by atoms with Gasteiger partial charge in [0.2, 0.25) is 0 Å². The quantitative estimate of drug-likeness (QED) is 0.429. The van der Waals surface area contributed by atoms with E-state index in [4.69, 9.17) is 24.4 Å². The molecular formula is C23H28S2. The fourth-order valence-corrected chi connectivity index (χ4v) is 3.31. The zero-order valence-corrected chi connectivity index (χ0v) is 17.8. The largest absolute Gasteiger partial charge is 0.0839 e. The molecule has 25 heavy (non-hydrogen) atoms. The summed E-state index contributed by atoms with van der Waals surface area (Å²) in [5.41, 5.74) is 5.14. The summed E-state index contributed by atoms with van der Waals surface area (Å²) in [5, 5.41) is 0. The molecule has 0 aliphatic carbocycles. The number of hydrogen-bond acceptors (Lipinski definition) is 2. The van der Waals surface area contributed by atoms with Gasteiger partial charge in [0.15, 0.2) is 0 Å². The molecule has 0 nitrogen and oxygen atoms in total. The molecule has 0 bridgehead atoms. The first-order chi connectivity index (χ1) is 11.5. The van der Waals surface area contributed by atoms with E-state index in [9.17, 15) is 0 Å². The van der Waals surface area contributed by atoms with E-state index >= 15 is 0 Å². The molecule has 2 aromatic rings. The fraction of sp³-hybridized carbons (Fsp3) is 0.391. The van der Waals surface area contributed by atoms with Gasteiger partial charge in [-0.2, -0.15) is 0 Å². The minimum absolute atomic E-state index is 0.157. The van der Waals surface area contributed by atoms with Crippen LogP contribution in [0.5, 0.6) is 0 Å². The molecule has 0 amide bonds. The van der Waals surface area contributed by atoms with Crippen LogP contribution in [0.3, 0.4) is 0 Å². The summed E-state index contributed by atoms with van der Waals surface area (Å²) >= 11 is 11.3. The van der Waals surface area contributed by atoms with E-state index in [0.717, 1.165) is 20.9 Å². The maximum atomic E-state index is 5.63. The molecule has 2 rings (SSSR count).